The number of likely N-dealkylation sites (tertiary alicyclic amines) is 1. The third-order valence-electron chi connectivity index (χ3n) is 8.82. The van der Waals surface area contributed by atoms with E-state index < -0.39 is 35.1 Å². The second-order valence-corrected chi connectivity index (χ2v) is 11.3. The molecule has 4 rings (SSSR count). The van der Waals surface area contributed by atoms with Crippen molar-refractivity contribution in [1.82, 2.24) is 14.7 Å². The molecule has 3 saturated heterocycles. The standard InChI is InChI=1S/C31H43N3O5/c1-6-17-32(18-7-2)27(36)24-25-28(37)34(23(9-4)21-35)26(31(25)16-15-30(24,5)39-31)29(38)33(19-8-3)20-22-13-11-10-12-14-22/h6,8,10-14,23-26,35H,1,3,7,9,15-21H2,2,4-5H3/t23-,24-,25-,26?,30+,31?/m0/s1. The van der Waals surface area contributed by atoms with E-state index in [1.54, 1.807) is 26.9 Å². The van der Waals surface area contributed by atoms with Gasteiger partial charge in [0, 0.05) is 26.2 Å². The Balaban J connectivity index is 1.79. The summed E-state index contributed by atoms with van der Waals surface area (Å²) in [7, 11) is 0. The molecule has 3 aliphatic heterocycles. The minimum atomic E-state index is -1.13. The Morgan fingerprint density at radius 3 is 2.38 bits per heavy atom. The van der Waals surface area contributed by atoms with Crippen LogP contribution in [0.5, 0.6) is 0 Å². The smallest absolute Gasteiger partial charge is 0.249 e. The highest BCUT2D eigenvalue weighted by Crippen LogP contribution is 2.64. The van der Waals surface area contributed by atoms with Gasteiger partial charge in [0.2, 0.25) is 17.7 Å². The van der Waals surface area contributed by atoms with Crippen molar-refractivity contribution in [2.75, 3.05) is 26.2 Å². The summed E-state index contributed by atoms with van der Waals surface area (Å²) in [6, 6.07) is 8.20. The van der Waals surface area contributed by atoms with Crippen molar-refractivity contribution in [3.8, 4) is 0 Å². The molecular weight excluding hydrogens is 494 g/mol. The lowest BCUT2D eigenvalue weighted by Crippen LogP contribution is -2.58. The highest BCUT2D eigenvalue weighted by Gasteiger charge is 2.78. The number of hydrogen-bond acceptors (Lipinski definition) is 5. The number of nitrogens with zero attached hydrogens (tertiary/aromatic N) is 3. The first-order valence-corrected chi connectivity index (χ1v) is 14.2. The van der Waals surface area contributed by atoms with Crippen molar-refractivity contribution in [2.45, 2.75) is 76.3 Å². The molecule has 8 heteroatoms. The van der Waals surface area contributed by atoms with Gasteiger partial charge in [-0.25, -0.2) is 0 Å². The van der Waals surface area contributed by atoms with Gasteiger partial charge in [-0.3, -0.25) is 14.4 Å². The molecule has 1 N–H and O–H groups in total. The predicted molar refractivity (Wildman–Crippen MR) is 149 cm³/mol. The molecule has 3 fully saturated rings. The lowest BCUT2D eigenvalue weighted by atomic mass is 9.66. The van der Waals surface area contributed by atoms with E-state index in [2.05, 4.69) is 13.2 Å². The number of aliphatic hydroxyl groups is 1. The number of rotatable bonds is 13. The molecule has 0 aliphatic carbocycles. The van der Waals surface area contributed by atoms with E-state index in [1.165, 1.54) is 0 Å². The molecule has 2 unspecified atom stereocenters. The number of amides is 3. The number of benzene rings is 1. The average Bonchev–Trinajstić information content (AvgIpc) is 3.50. The second-order valence-electron chi connectivity index (χ2n) is 11.3. The maximum atomic E-state index is 14.5. The summed E-state index contributed by atoms with van der Waals surface area (Å²) < 4.78 is 6.77. The molecule has 1 aromatic rings. The molecule has 2 bridgehead atoms. The Kier molecular flexibility index (Phi) is 8.66. The lowest BCUT2D eigenvalue weighted by molar-refractivity contribution is -0.156. The van der Waals surface area contributed by atoms with Gasteiger partial charge < -0.3 is 24.5 Å². The van der Waals surface area contributed by atoms with Gasteiger partial charge in [-0.2, -0.15) is 0 Å². The lowest BCUT2D eigenvalue weighted by Gasteiger charge is -2.39. The average molecular weight is 538 g/mol. The van der Waals surface area contributed by atoms with E-state index in [-0.39, 0.29) is 24.3 Å². The van der Waals surface area contributed by atoms with Crippen molar-refractivity contribution >= 4 is 17.7 Å². The van der Waals surface area contributed by atoms with Crippen LogP contribution in [0.25, 0.3) is 0 Å². The minimum Gasteiger partial charge on any atom is -0.394 e. The zero-order valence-corrected chi connectivity index (χ0v) is 23.6. The Labute approximate surface area is 232 Å². The molecule has 3 amide bonds. The Hall–Kier alpha value is -2.97. The first kappa shape index (κ1) is 29.0. The van der Waals surface area contributed by atoms with E-state index in [9.17, 15) is 19.5 Å². The third kappa shape index (κ3) is 4.82. The summed E-state index contributed by atoms with van der Waals surface area (Å²) in [5.41, 5.74) is -1.02. The number of hydrogen-bond donors (Lipinski definition) is 1. The summed E-state index contributed by atoms with van der Waals surface area (Å²) in [6.07, 6.45) is 5.71. The number of fused-ring (bicyclic) bond motifs is 1. The van der Waals surface area contributed by atoms with Gasteiger partial charge in [-0.1, -0.05) is 56.3 Å². The summed E-state index contributed by atoms with van der Waals surface area (Å²) in [6.45, 7) is 14.8. The van der Waals surface area contributed by atoms with Crippen molar-refractivity contribution in [1.29, 1.82) is 0 Å². The molecule has 8 nitrogen and oxygen atoms in total. The normalized spacial score (nSPS) is 29.7. The second kappa shape index (κ2) is 11.6. The number of carbonyl (C=O) groups excluding carboxylic acids is 3. The van der Waals surface area contributed by atoms with E-state index in [4.69, 9.17) is 4.74 Å². The van der Waals surface area contributed by atoms with E-state index in [0.717, 1.165) is 12.0 Å². The van der Waals surface area contributed by atoms with Crippen LogP contribution in [0.15, 0.2) is 55.6 Å². The van der Waals surface area contributed by atoms with Gasteiger partial charge in [0.1, 0.15) is 11.6 Å². The van der Waals surface area contributed by atoms with Gasteiger partial charge in [0.25, 0.3) is 0 Å². The van der Waals surface area contributed by atoms with Crippen LogP contribution >= 0.6 is 0 Å². The summed E-state index contributed by atoms with van der Waals surface area (Å²) in [4.78, 5) is 47.9. The first-order chi connectivity index (χ1) is 18.7. The van der Waals surface area contributed by atoms with Crippen LogP contribution in [0.3, 0.4) is 0 Å². The van der Waals surface area contributed by atoms with Gasteiger partial charge in [0.05, 0.1) is 30.1 Å². The number of aliphatic hydroxyl groups excluding tert-OH is 1. The maximum Gasteiger partial charge on any atom is 0.249 e. The highest BCUT2D eigenvalue weighted by atomic mass is 16.5. The molecule has 6 atom stereocenters. The first-order valence-electron chi connectivity index (χ1n) is 14.2. The van der Waals surface area contributed by atoms with Crippen molar-refractivity contribution in [3.05, 3.63) is 61.2 Å². The van der Waals surface area contributed by atoms with E-state index in [1.807, 2.05) is 51.1 Å². The molecule has 1 spiro atoms. The fourth-order valence-electron chi connectivity index (χ4n) is 7.11. The van der Waals surface area contributed by atoms with Crippen molar-refractivity contribution in [2.24, 2.45) is 11.8 Å². The quantitative estimate of drug-likeness (QED) is 0.391. The summed E-state index contributed by atoms with van der Waals surface area (Å²) in [5, 5.41) is 10.3. The van der Waals surface area contributed by atoms with Crippen LogP contribution in [-0.4, -0.2) is 87.1 Å². The molecule has 3 heterocycles. The Morgan fingerprint density at radius 1 is 1.13 bits per heavy atom. The van der Waals surface area contributed by atoms with Crippen molar-refractivity contribution < 1.29 is 24.2 Å². The topological polar surface area (TPSA) is 90.4 Å². The van der Waals surface area contributed by atoms with Gasteiger partial charge >= 0.3 is 0 Å². The fourth-order valence-corrected chi connectivity index (χ4v) is 7.11. The predicted octanol–water partition coefficient (Wildman–Crippen LogP) is 3.16. The Morgan fingerprint density at radius 2 is 1.79 bits per heavy atom. The maximum absolute atomic E-state index is 14.5. The van der Waals surface area contributed by atoms with E-state index in [0.29, 0.717) is 45.4 Å². The van der Waals surface area contributed by atoms with Crippen LogP contribution in [0.2, 0.25) is 0 Å². The highest BCUT2D eigenvalue weighted by molar-refractivity contribution is 5.99. The summed E-state index contributed by atoms with van der Waals surface area (Å²) in [5.74, 6) is -2.13. The molecular formula is C31H43N3O5. The third-order valence-corrected chi connectivity index (χ3v) is 8.82. The monoisotopic (exact) mass is 537 g/mol. The molecule has 0 radical (unpaired) electrons. The van der Waals surface area contributed by atoms with E-state index >= 15 is 0 Å². The van der Waals surface area contributed by atoms with Gasteiger partial charge in [-0.15, -0.1) is 13.2 Å². The van der Waals surface area contributed by atoms with Crippen LogP contribution in [0.4, 0.5) is 0 Å². The number of ether oxygens (including phenoxy) is 1. The largest absolute Gasteiger partial charge is 0.394 e. The SMILES string of the molecule is C=CCN(Cc1ccccc1)C(=O)C1N([C@@H](CC)CO)C(=O)[C@@H]2[C@@H](C(=O)N(CC=C)CCC)[C@@]3(C)CCC12O3. The van der Waals surface area contributed by atoms with Gasteiger partial charge in [0.15, 0.2) is 0 Å². The van der Waals surface area contributed by atoms with Crippen LogP contribution < -0.4 is 0 Å². The van der Waals surface area contributed by atoms with Crippen LogP contribution in [0, 0.1) is 11.8 Å². The molecule has 3 aliphatic rings. The van der Waals surface area contributed by atoms with Crippen LogP contribution in [-0.2, 0) is 25.7 Å². The Bertz CT molecular complexity index is 1090. The summed E-state index contributed by atoms with van der Waals surface area (Å²) >= 11 is 0. The molecule has 1 aromatic carbocycles. The van der Waals surface area contributed by atoms with Crippen molar-refractivity contribution in [3.63, 3.8) is 0 Å². The fraction of sp³-hybridized carbons (Fsp3) is 0.581. The minimum absolute atomic E-state index is 0.128. The van der Waals surface area contributed by atoms with Gasteiger partial charge in [-0.05, 0) is 38.2 Å². The number of carbonyl (C=O) groups is 3. The zero-order valence-electron chi connectivity index (χ0n) is 23.6. The molecule has 39 heavy (non-hydrogen) atoms. The molecule has 0 saturated carbocycles. The zero-order chi connectivity index (χ0) is 28.4. The van der Waals surface area contributed by atoms with Crippen LogP contribution in [0.1, 0.15) is 52.0 Å². The molecule has 0 aromatic heterocycles. The molecule has 212 valence electrons.